The third-order valence-corrected chi connectivity index (χ3v) is 6.11. The van der Waals surface area contributed by atoms with Crippen LogP contribution in [-0.4, -0.2) is 41.6 Å². The van der Waals surface area contributed by atoms with Crippen LogP contribution in [0.3, 0.4) is 0 Å². The predicted molar refractivity (Wildman–Crippen MR) is 105 cm³/mol. The van der Waals surface area contributed by atoms with Gasteiger partial charge >= 0.3 is 6.09 Å². The average Bonchev–Trinajstić information content (AvgIpc) is 2.47. The molecule has 7 heteroatoms. The fourth-order valence-corrected chi connectivity index (χ4v) is 3.53. The Hall–Kier alpha value is -0.830. The van der Waals surface area contributed by atoms with E-state index in [2.05, 4.69) is 43.8 Å². The van der Waals surface area contributed by atoms with Gasteiger partial charge in [0.2, 0.25) is 0 Å². The molecule has 1 fully saturated rings. The number of alkyl carbamates (subject to hydrolysis) is 1. The molecule has 1 aliphatic rings. The summed E-state index contributed by atoms with van der Waals surface area (Å²) in [6, 6.07) is 5.56. The summed E-state index contributed by atoms with van der Waals surface area (Å²) in [6.45, 7) is 6.69. The Morgan fingerprint density at radius 1 is 1.38 bits per heavy atom. The quantitative estimate of drug-likeness (QED) is 0.609. The van der Waals surface area contributed by atoms with E-state index in [4.69, 9.17) is 4.74 Å². The van der Waals surface area contributed by atoms with Gasteiger partial charge in [0.25, 0.3) is 5.91 Å². The molecule has 1 unspecified atom stereocenters. The molecule has 0 saturated carbocycles. The molecule has 24 heavy (non-hydrogen) atoms. The van der Waals surface area contributed by atoms with Gasteiger partial charge in [0, 0.05) is 27.2 Å². The predicted octanol–water partition coefficient (Wildman–Crippen LogP) is 4.18. The van der Waals surface area contributed by atoms with Crippen LogP contribution in [0.25, 0.3) is 0 Å². The minimum Gasteiger partial charge on any atom is -0.444 e. The Morgan fingerprint density at radius 2 is 2.08 bits per heavy atom. The number of piperidine rings is 1. The first-order valence-electron chi connectivity index (χ1n) is 7.90. The lowest BCUT2D eigenvalue weighted by atomic mass is 10.0. The second-order valence-corrected chi connectivity index (χ2v) is 8.79. The highest BCUT2D eigenvalue weighted by atomic mass is 127. The van der Waals surface area contributed by atoms with Crippen molar-refractivity contribution in [2.45, 2.75) is 45.3 Å². The summed E-state index contributed by atoms with van der Waals surface area (Å²) in [4.78, 5) is 26.5. The van der Waals surface area contributed by atoms with Gasteiger partial charge in [-0.2, -0.15) is 0 Å². The summed E-state index contributed by atoms with van der Waals surface area (Å²) in [5.41, 5.74) is 0.125. The maximum atomic E-state index is 12.8. The first kappa shape index (κ1) is 19.5. The standard InChI is InChI=1S/C17H22BrIN2O3/c1-17(2,3)24-16(23)20-11-6-5-9-21(10-11)15(22)12-7-4-8-13(19)14(12)18/h4,7-8,11H,5-6,9-10H2,1-3H3,(H,20,23). The number of halogens is 2. The first-order chi connectivity index (χ1) is 11.2. The highest BCUT2D eigenvalue weighted by Gasteiger charge is 2.28. The number of nitrogens with zero attached hydrogens (tertiary/aromatic N) is 1. The number of nitrogens with one attached hydrogen (secondary N) is 1. The van der Waals surface area contributed by atoms with E-state index in [-0.39, 0.29) is 11.9 Å². The molecule has 2 amide bonds. The number of benzene rings is 1. The number of ether oxygens (including phenoxy) is 1. The zero-order chi connectivity index (χ0) is 17.9. The number of carbonyl (C=O) groups excluding carboxylic acids is 2. The lowest BCUT2D eigenvalue weighted by Crippen LogP contribution is -2.50. The summed E-state index contributed by atoms with van der Waals surface area (Å²) in [5.74, 6) is -0.0175. The molecule has 1 heterocycles. The van der Waals surface area contributed by atoms with Crippen LogP contribution in [0.5, 0.6) is 0 Å². The van der Waals surface area contributed by atoms with Crippen LogP contribution in [-0.2, 0) is 4.74 Å². The maximum absolute atomic E-state index is 12.8. The van der Waals surface area contributed by atoms with E-state index in [9.17, 15) is 9.59 Å². The zero-order valence-corrected chi connectivity index (χ0v) is 17.8. The molecule has 1 aromatic carbocycles. The minimum absolute atomic E-state index is 0.0175. The number of likely N-dealkylation sites (tertiary alicyclic amines) is 1. The monoisotopic (exact) mass is 508 g/mol. The second-order valence-electron chi connectivity index (χ2n) is 6.84. The van der Waals surface area contributed by atoms with Gasteiger partial charge in [0.1, 0.15) is 5.60 Å². The Labute approximate surface area is 164 Å². The van der Waals surface area contributed by atoms with E-state index in [1.54, 1.807) is 4.90 Å². The van der Waals surface area contributed by atoms with Gasteiger partial charge in [0.05, 0.1) is 5.56 Å². The number of carbonyl (C=O) groups is 2. The van der Waals surface area contributed by atoms with Gasteiger partial charge in [-0.25, -0.2) is 4.79 Å². The highest BCUT2D eigenvalue weighted by molar-refractivity contribution is 14.1. The molecule has 1 N–H and O–H groups in total. The van der Waals surface area contributed by atoms with E-state index < -0.39 is 11.7 Å². The van der Waals surface area contributed by atoms with Gasteiger partial charge in [-0.3, -0.25) is 4.79 Å². The van der Waals surface area contributed by atoms with Gasteiger partial charge in [-0.15, -0.1) is 0 Å². The van der Waals surface area contributed by atoms with Crippen LogP contribution < -0.4 is 5.32 Å². The van der Waals surface area contributed by atoms with Gasteiger partial charge < -0.3 is 15.0 Å². The molecular weight excluding hydrogens is 487 g/mol. The molecule has 0 spiro atoms. The molecule has 0 aromatic heterocycles. The zero-order valence-electron chi connectivity index (χ0n) is 14.1. The summed E-state index contributed by atoms with van der Waals surface area (Å²) < 4.78 is 7.11. The maximum Gasteiger partial charge on any atom is 0.407 e. The Morgan fingerprint density at radius 3 is 2.75 bits per heavy atom. The van der Waals surface area contributed by atoms with Crippen LogP contribution in [0.1, 0.15) is 44.0 Å². The van der Waals surface area contributed by atoms with E-state index >= 15 is 0 Å². The molecule has 0 bridgehead atoms. The number of hydrogen-bond acceptors (Lipinski definition) is 3. The summed E-state index contributed by atoms with van der Waals surface area (Å²) >= 11 is 5.69. The summed E-state index contributed by atoms with van der Waals surface area (Å²) in [6.07, 6.45) is 1.27. The van der Waals surface area contributed by atoms with E-state index in [0.29, 0.717) is 18.7 Å². The Kier molecular flexibility index (Phi) is 6.52. The van der Waals surface area contributed by atoms with Crippen molar-refractivity contribution in [1.82, 2.24) is 10.2 Å². The molecule has 1 aliphatic heterocycles. The van der Waals surface area contributed by atoms with Crippen LogP contribution >= 0.6 is 38.5 Å². The average molecular weight is 509 g/mol. The number of hydrogen-bond donors (Lipinski definition) is 1. The normalized spacial score (nSPS) is 18.2. The Balaban J connectivity index is 2.01. The third-order valence-electron chi connectivity index (χ3n) is 3.61. The molecule has 1 atom stereocenters. The van der Waals surface area contributed by atoms with Crippen molar-refractivity contribution in [1.29, 1.82) is 0 Å². The molecule has 5 nitrogen and oxygen atoms in total. The SMILES string of the molecule is CC(C)(C)OC(=O)NC1CCCN(C(=O)c2cccc(I)c2Br)C1. The Bertz CT molecular complexity index is 631. The van der Waals surface area contributed by atoms with Crippen LogP contribution in [0.4, 0.5) is 4.79 Å². The minimum atomic E-state index is -0.528. The lowest BCUT2D eigenvalue weighted by molar-refractivity contribution is 0.0452. The summed E-state index contributed by atoms with van der Waals surface area (Å²) in [7, 11) is 0. The topological polar surface area (TPSA) is 58.6 Å². The molecule has 1 saturated heterocycles. The van der Waals surface area contributed by atoms with E-state index in [1.807, 2.05) is 39.0 Å². The summed E-state index contributed by atoms with van der Waals surface area (Å²) in [5, 5.41) is 2.87. The molecule has 2 rings (SSSR count). The molecule has 0 aliphatic carbocycles. The lowest BCUT2D eigenvalue weighted by Gasteiger charge is -2.34. The van der Waals surface area contributed by atoms with Gasteiger partial charge in [-0.1, -0.05) is 6.07 Å². The number of amides is 2. The van der Waals surface area contributed by atoms with Crippen molar-refractivity contribution in [3.8, 4) is 0 Å². The van der Waals surface area contributed by atoms with Crippen LogP contribution in [0, 0.1) is 3.57 Å². The van der Waals surface area contributed by atoms with Gasteiger partial charge in [-0.05, 0) is 84.3 Å². The van der Waals surface area contributed by atoms with Crippen molar-refractivity contribution in [2.75, 3.05) is 13.1 Å². The van der Waals surface area contributed by atoms with Crippen molar-refractivity contribution in [2.24, 2.45) is 0 Å². The van der Waals surface area contributed by atoms with Gasteiger partial charge in [0.15, 0.2) is 0 Å². The van der Waals surface area contributed by atoms with Crippen molar-refractivity contribution in [3.63, 3.8) is 0 Å². The van der Waals surface area contributed by atoms with E-state index in [0.717, 1.165) is 20.9 Å². The largest absolute Gasteiger partial charge is 0.444 e. The molecule has 1 aromatic rings. The van der Waals surface area contributed by atoms with Crippen molar-refractivity contribution in [3.05, 3.63) is 31.8 Å². The molecular formula is C17H22BrIN2O3. The van der Waals surface area contributed by atoms with Crippen molar-refractivity contribution >= 4 is 50.5 Å². The van der Waals surface area contributed by atoms with E-state index in [1.165, 1.54) is 0 Å². The fourth-order valence-electron chi connectivity index (χ4n) is 2.59. The van der Waals surface area contributed by atoms with Crippen molar-refractivity contribution < 1.29 is 14.3 Å². The van der Waals surface area contributed by atoms with Crippen LogP contribution in [0.2, 0.25) is 0 Å². The first-order valence-corrected chi connectivity index (χ1v) is 9.77. The molecule has 132 valence electrons. The van der Waals surface area contributed by atoms with Crippen LogP contribution in [0.15, 0.2) is 22.7 Å². The second kappa shape index (κ2) is 8.03. The molecule has 0 radical (unpaired) electrons. The smallest absolute Gasteiger partial charge is 0.407 e. The fraction of sp³-hybridized carbons (Fsp3) is 0.529. The number of rotatable bonds is 2. The highest BCUT2D eigenvalue weighted by Crippen LogP contribution is 2.25. The third kappa shape index (κ3) is 5.34.